The Labute approximate surface area is 140 Å². The van der Waals surface area contributed by atoms with Crippen molar-refractivity contribution < 1.29 is 19.8 Å². The lowest BCUT2D eigenvalue weighted by Crippen LogP contribution is -2.37. The van der Waals surface area contributed by atoms with Crippen molar-refractivity contribution >= 4 is 23.2 Å². The van der Waals surface area contributed by atoms with E-state index in [2.05, 4.69) is 0 Å². The Morgan fingerprint density at radius 3 is 2.38 bits per heavy atom. The van der Waals surface area contributed by atoms with E-state index in [0.29, 0.717) is 11.4 Å². The molecule has 0 aliphatic heterocycles. The predicted octanol–water partition coefficient (Wildman–Crippen LogP) is -0.158. The molecular weight excluding hydrogens is 312 g/mol. The Morgan fingerprint density at radius 2 is 1.92 bits per heavy atom. The summed E-state index contributed by atoms with van der Waals surface area (Å²) >= 11 is 0. The van der Waals surface area contributed by atoms with Gasteiger partial charge in [-0.2, -0.15) is 5.26 Å². The molecule has 0 radical (unpaired) electrons. The second-order valence-corrected chi connectivity index (χ2v) is 4.88. The summed E-state index contributed by atoms with van der Waals surface area (Å²) in [7, 11) is 0. The summed E-state index contributed by atoms with van der Waals surface area (Å²) in [6.45, 7) is 0.609. The van der Waals surface area contributed by atoms with Gasteiger partial charge in [-0.1, -0.05) is 6.07 Å². The van der Waals surface area contributed by atoms with E-state index in [-0.39, 0.29) is 31.9 Å². The number of nitriles is 1. The monoisotopic (exact) mass is 332 g/mol. The van der Waals surface area contributed by atoms with E-state index < -0.39 is 11.8 Å². The first-order valence-corrected chi connectivity index (χ1v) is 7.22. The summed E-state index contributed by atoms with van der Waals surface area (Å²) in [5.41, 5.74) is 6.24. The first kappa shape index (κ1) is 19.2. The van der Waals surface area contributed by atoms with E-state index in [9.17, 15) is 14.9 Å². The standard InChI is InChI=1S/C16H20N4O4/c1-12(23)20(15-4-2-3-14(18)9-15)11-13(10-17)16(24)19(5-7-21)6-8-22/h2-4,9,11,21-22H,5-8,18H2,1H3/b13-11-. The van der Waals surface area contributed by atoms with E-state index in [1.54, 1.807) is 24.3 Å². The Kier molecular flexibility index (Phi) is 7.42. The zero-order valence-electron chi connectivity index (χ0n) is 13.3. The van der Waals surface area contributed by atoms with Gasteiger partial charge >= 0.3 is 0 Å². The Morgan fingerprint density at radius 1 is 1.29 bits per heavy atom. The van der Waals surface area contributed by atoms with Crippen molar-refractivity contribution in [1.29, 1.82) is 5.26 Å². The number of nitrogen functional groups attached to an aromatic ring is 1. The summed E-state index contributed by atoms with van der Waals surface area (Å²) < 4.78 is 0. The fourth-order valence-corrected chi connectivity index (χ4v) is 2.01. The number of hydrogen-bond acceptors (Lipinski definition) is 6. The van der Waals surface area contributed by atoms with Gasteiger partial charge in [-0.3, -0.25) is 14.5 Å². The van der Waals surface area contributed by atoms with E-state index in [1.165, 1.54) is 13.0 Å². The number of nitrogens with zero attached hydrogens (tertiary/aromatic N) is 3. The van der Waals surface area contributed by atoms with Gasteiger partial charge in [0.2, 0.25) is 5.91 Å². The number of carbonyl (C=O) groups excluding carboxylic acids is 2. The third-order valence-corrected chi connectivity index (χ3v) is 3.12. The smallest absolute Gasteiger partial charge is 0.266 e. The molecule has 128 valence electrons. The maximum atomic E-state index is 12.4. The summed E-state index contributed by atoms with van der Waals surface area (Å²) in [6.07, 6.45) is 1.13. The Bertz CT molecular complexity index is 660. The third-order valence-electron chi connectivity index (χ3n) is 3.12. The van der Waals surface area contributed by atoms with Crippen molar-refractivity contribution in [2.75, 3.05) is 36.9 Å². The number of amides is 2. The molecule has 0 fully saturated rings. The zero-order valence-corrected chi connectivity index (χ0v) is 13.3. The van der Waals surface area contributed by atoms with Crippen LogP contribution in [0.25, 0.3) is 0 Å². The van der Waals surface area contributed by atoms with Gasteiger partial charge in [-0.15, -0.1) is 0 Å². The number of hydrogen-bond donors (Lipinski definition) is 3. The van der Waals surface area contributed by atoms with Crippen LogP contribution < -0.4 is 10.6 Å². The van der Waals surface area contributed by atoms with Crippen molar-refractivity contribution in [2.45, 2.75) is 6.92 Å². The average Bonchev–Trinajstić information content (AvgIpc) is 2.54. The highest BCUT2D eigenvalue weighted by atomic mass is 16.3. The van der Waals surface area contributed by atoms with Gasteiger partial charge in [0.15, 0.2) is 0 Å². The van der Waals surface area contributed by atoms with Crippen molar-refractivity contribution in [3.63, 3.8) is 0 Å². The Hall–Kier alpha value is -2.89. The molecule has 0 bridgehead atoms. The summed E-state index contributed by atoms with van der Waals surface area (Å²) in [5, 5.41) is 27.2. The van der Waals surface area contributed by atoms with Gasteiger partial charge in [-0.05, 0) is 18.2 Å². The van der Waals surface area contributed by atoms with Crippen LogP contribution in [0.2, 0.25) is 0 Å². The van der Waals surface area contributed by atoms with Crippen LogP contribution in [0.5, 0.6) is 0 Å². The highest BCUT2D eigenvalue weighted by molar-refractivity contribution is 6.01. The zero-order chi connectivity index (χ0) is 18.1. The molecule has 0 aromatic heterocycles. The van der Waals surface area contributed by atoms with Crippen LogP contribution >= 0.6 is 0 Å². The van der Waals surface area contributed by atoms with Gasteiger partial charge in [0.1, 0.15) is 11.6 Å². The van der Waals surface area contributed by atoms with E-state index >= 15 is 0 Å². The molecule has 0 spiro atoms. The SMILES string of the molecule is CC(=O)N(/C=C(/C#N)C(=O)N(CCO)CCO)c1cccc(N)c1. The normalized spacial score (nSPS) is 10.8. The number of rotatable bonds is 7. The van der Waals surface area contributed by atoms with Crippen molar-refractivity contribution in [1.82, 2.24) is 4.90 Å². The molecule has 8 heteroatoms. The summed E-state index contributed by atoms with van der Waals surface area (Å²) in [4.78, 5) is 26.5. The molecule has 24 heavy (non-hydrogen) atoms. The lowest BCUT2D eigenvalue weighted by Gasteiger charge is -2.22. The minimum absolute atomic E-state index is 0.0310. The second-order valence-electron chi connectivity index (χ2n) is 4.88. The second kappa shape index (κ2) is 9.29. The van der Waals surface area contributed by atoms with Crippen LogP contribution in [0.4, 0.5) is 11.4 Å². The van der Waals surface area contributed by atoms with Crippen LogP contribution in [0, 0.1) is 11.3 Å². The highest BCUT2D eigenvalue weighted by Gasteiger charge is 2.20. The van der Waals surface area contributed by atoms with E-state index in [4.69, 9.17) is 15.9 Å². The molecule has 1 aromatic rings. The number of carbonyl (C=O) groups is 2. The van der Waals surface area contributed by atoms with Crippen LogP contribution in [-0.4, -0.2) is 53.2 Å². The van der Waals surface area contributed by atoms with Gasteiger partial charge in [-0.25, -0.2) is 0 Å². The third kappa shape index (κ3) is 5.08. The lowest BCUT2D eigenvalue weighted by atomic mass is 10.2. The fraction of sp³-hybridized carbons (Fsp3) is 0.312. The lowest BCUT2D eigenvalue weighted by molar-refractivity contribution is -0.127. The Balaban J connectivity index is 3.20. The first-order valence-electron chi connectivity index (χ1n) is 7.22. The largest absolute Gasteiger partial charge is 0.399 e. The maximum absolute atomic E-state index is 12.4. The topological polar surface area (TPSA) is 131 Å². The molecule has 1 aromatic carbocycles. The minimum atomic E-state index is -0.684. The van der Waals surface area contributed by atoms with Crippen LogP contribution in [-0.2, 0) is 9.59 Å². The average molecular weight is 332 g/mol. The van der Waals surface area contributed by atoms with Gasteiger partial charge in [0, 0.05) is 31.9 Å². The number of anilines is 2. The first-order chi connectivity index (χ1) is 11.4. The van der Waals surface area contributed by atoms with Crippen molar-refractivity contribution in [2.24, 2.45) is 0 Å². The fourth-order valence-electron chi connectivity index (χ4n) is 2.01. The molecule has 1 rings (SSSR count). The molecule has 0 unspecified atom stereocenters. The van der Waals surface area contributed by atoms with Crippen LogP contribution in [0.3, 0.4) is 0 Å². The van der Waals surface area contributed by atoms with Gasteiger partial charge < -0.3 is 20.8 Å². The molecule has 4 N–H and O–H groups in total. The molecule has 2 amide bonds. The molecule has 0 aliphatic rings. The molecule has 0 aliphatic carbocycles. The summed E-state index contributed by atoms with van der Waals surface area (Å²) in [6, 6.07) is 8.20. The van der Waals surface area contributed by atoms with Gasteiger partial charge in [0.05, 0.1) is 18.9 Å². The number of nitrogens with two attached hydrogens (primary N) is 1. The summed E-state index contributed by atoms with van der Waals surface area (Å²) in [5.74, 6) is -1.09. The molecule has 0 atom stereocenters. The van der Waals surface area contributed by atoms with Gasteiger partial charge in [0.25, 0.3) is 5.91 Å². The van der Waals surface area contributed by atoms with E-state index in [1.807, 2.05) is 0 Å². The molecule has 0 heterocycles. The highest BCUT2D eigenvalue weighted by Crippen LogP contribution is 2.19. The molecular formula is C16H20N4O4. The van der Waals surface area contributed by atoms with Crippen molar-refractivity contribution in [3.05, 3.63) is 36.0 Å². The number of benzene rings is 1. The maximum Gasteiger partial charge on any atom is 0.266 e. The number of aliphatic hydroxyl groups is 2. The van der Waals surface area contributed by atoms with Crippen LogP contribution in [0.1, 0.15) is 6.92 Å². The van der Waals surface area contributed by atoms with Crippen molar-refractivity contribution in [3.8, 4) is 6.07 Å². The minimum Gasteiger partial charge on any atom is -0.399 e. The number of aliphatic hydroxyl groups excluding tert-OH is 2. The quantitative estimate of drug-likeness (QED) is 0.361. The van der Waals surface area contributed by atoms with E-state index in [0.717, 1.165) is 16.0 Å². The molecule has 0 saturated carbocycles. The molecule has 8 nitrogen and oxygen atoms in total. The predicted molar refractivity (Wildman–Crippen MR) is 88.5 cm³/mol. The molecule has 0 saturated heterocycles. The van der Waals surface area contributed by atoms with Crippen LogP contribution in [0.15, 0.2) is 36.0 Å².